The fourth-order valence-electron chi connectivity index (χ4n) is 3.06. The molecule has 0 aromatic carbocycles. The summed E-state index contributed by atoms with van der Waals surface area (Å²) in [5.74, 6) is -6.71. The van der Waals surface area contributed by atoms with E-state index in [0.717, 1.165) is 4.90 Å². The molecule has 0 bridgehead atoms. The van der Waals surface area contributed by atoms with E-state index in [4.69, 9.17) is 10.8 Å². The van der Waals surface area contributed by atoms with E-state index in [1.165, 1.54) is 12.2 Å². The maximum atomic E-state index is 12.3. The van der Waals surface area contributed by atoms with E-state index in [1.807, 2.05) is 0 Å². The first-order valence-corrected chi connectivity index (χ1v) is 11.8. The molecule has 0 saturated heterocycles. The number of imide groups is 1. The van der Waals surface area contributed by atoms with Gasteiger partial charge in [-0.25, -0.2) is 0 Å². The minimum atomic E-state index is -1.46. The molecule has 17 nitrogen and oxygen atoms in total. The molecule has 8 amide bonds. The van der Waals surface area contributed by atoms with Crippen molar-refractivity contribution in [3.8, 4) is 0 Å². The molecule has 1 heterocycles. The highest BCUT2D eigenvalue weighted by Gasteiger charge is 2.25. The second-order valence-corrected chi connectivity index (χ2v) is 8.20. The summed E-state index contributed by atoms with van der Waals surface area (Å²) in [4.78, 5) is 105. The Morgan fingerprint density at radius 1 is 0.744 bits per heavy atom. The lowest BCUT2D eigenvalue weighted by Gasteiger charge is -2.17. The van der Waals surface area contributed by atoms with Gasteiger partial charge in [0.25, 0.3) is 11.8 Å². The van der Waals surface area contributed by atoms with Crippen LogP contribution in [-0.4, -0.2) is 102 Å². The summed E-state index contributed by atoms with van der Waals surface area (Å²) >= 11 is 0. The Morgan fingerprint density at radius 3 is 1.77 bits per heavy atom. The van der Waals surface area contributed by atoms with Gasteiger partial charge in [-0.1, -0.05) is 6.42 Å². The summed E-state index contributed by atoms with van der Waals surface area (Å²) in [6.07, 6.45) is 2.86. The average molecular weight is 554 g/mol. The van der Waals surface area contributed by atoms with Gasteiger partial charge in [-0.05, 0) is 12.8 Å². The van der Waals surface area contributed by atoms with Crippen LogP contribution >= 0.6 is 0 Å². The third kappa shape index (κ3) is 13.9. The van der Waals surface area contributed by atoms with Crippen molar-refractivity contribution in [1.29, 1.82) is 0 Å². The lowest BCUT2D eigenvalue weighted by atomic mass is 10.1. The molecule has 39 heavy (non-hydrogen) atoms. The number of nitrogens with one attached hydrogen (secondary N) is 5. The van der Waals surface area contributed by atoms with Gasteiger partial charge in [0.15, 0.2) is 0 Å². The molecule has 0 spiro atoms. The maximum absolute atomic E-state index is 12.3. The van der Waals surface area contributed by atoms with Crippen LogP contribution in [0.4, 0.5) is 0 Å². The zero-order chi connectivity index (χ0) is 29.4. The average Bonchev–Trinajstić information content (AvgIpc) is 3.19. The molecule has 0 aromatic heterocycles. The highest BCUT2D eigenvalue weighted by Crippen LogP contribution is 2.08. The van der Waals surface area contributed by atoms with E-state index in [1.54, 1.807) is 0 Å². The van der Waals surface area contributed by atoms with Crippen molar-refractivity contribution in [3.63, 3.8) is 0 Å². The van der Waals surface area contributed by atoms with Gasteiger partial charge in [-0.15, -0.1) is 0 Å². The summed E-state index contributed by atoms with van der Waals surface area (Å²) in [6.45, 7) is -1.83. The molecule has 1 atom stereocenters. The van der Waals surface area contributed by atoms with Gasteiger partial charge < -0.3 is 37.4 Å². The summed E-state index contributed by atoms with van der Waals surface area (Å²) in [5, 5.41) is 20.0. The van der Waals surface area contributed by atoms with Crippen molar-refractivity contribution in [1.82, 2.24) is 31.5 Å². The van der Waals surface area contributed by atoms with E-state index < -0.39 is 91.9 Å². The normalized spacial score (nSPS) is 12.9. The molecule has 0 radical (unpaired) electrons. The number of carboxylic acid groups (broad SMARTS) is 1. The summed E-state index contributed by atoms with van der Waals surface area (Å²) in [7, 11) is 0. The van der Waals surface area contributed by atoms with Crippen molar-refractivity contribution in [3.05, 3.63) is 12.2 Å². The lowest BCUT2D eigenvalue weighted by molar-refractivity contribution is -0.141. The number of rotatable bonds is 18. The van der Waals surface area contributed by atoms with Crippen LogP contribution in [0, 0.1) is 0 Å². The standard InChI is InChI=1S/C22H31N7O10/c23-14(30)9-24-16(32)10-25-17(33)11-26-18(34)12-27-22(39)13(8-21(37)38)28-15(31)4-2-1-3-7-29-19(35)5-6-20(29)36/h5-6,13H,1-4,7-12H2,(H2,23,30)(H,24,32)(H,25,33)(H,26,34)(H,27,39)(H,28,31)(H,37,38). The Kier molecular flexibility index (Phi) is 13.9. The first kappa shape index (κ1) is 32.2. The number of carbonyl (C=O) groups excluding carboxylic acids is 8. The smallest absolute Gasteiger partial charge is 0.305 e. The summed E-state index contributed by atoms with van der Waals surface area (Å²) in [5.41, 5.74) is 4.86. The molecule has 1 aliphatic rings. The topological polar surface area (TPSA) is 263 Å². The molecular weight excluding hydrogens is 522 g/mol. The molecular formula is C22H31N7O10. The van der Waals surface area contributed by atoms with Gasteiger partial charge in [0.05, 0.1) is 32.6 Å². The van der Waals surface area contributed by atoms with Crippen LogP contribution in [0.15, 0.2) is 12.2 Å². The van der Waals surface area contributed by atoms with Crippen LogP contribution in [0.5, 0.6) is 0 Å². The molecule has 0 fully saturated rings. The number of aliphatic carboxylic acids is 1. The SMILES string of the molecule is NC(=O)CNC(=O)CNC(=O)CNC(=O)CNC(=O)C(CC(=O)O)NC(=O)CCCCCN1C(=O)C=CC1=O. The van der Waals surface area contributed by atoms with E-state index in [2.05, 4.69) is 26.6 Å². The first-order valence-electron chi connectivity index (χ1n) is 11.8. The third-order valence-electron chi connectivity index (χ3n) is 4.99. The van der Waals surface area contributed by atoms with Gasteiger partial charge in [-0.3, -0.25) is 48.1 Å². The van der Waals surface area contributed by atoms with E-state index in [9.17, 15) is 43.2 Å². The monoisotopic (exact) mass is 553 g/mol. The number of hydrogen-bond donors (Lipinski definition) is 7. The van der Waals surface area contributed by atoms with Crippen LogP contribution < -0.4 is 32.3 Å². The minimum absolute atomic E-state index is 0.0420. The van der Waals surface area contributed by atoms with Crippen LogP contribution in [-0.2, 0) is 43.2 Å². The molecule has 17 heteroatoms. The summed E-state index contributed by atoms with van der Waals surface area (Å²) in [6, 6.07) is -1.46. The van der Waals surface area contributed by atoms with Crippen molar-refractivity contribution in [2.75, 3.05) is 32.7 Å². The molecule has 214 valence electrons. The van der Waals surface area contributed by atoms with Gasteiger partial charge >= 0.3 is 5.97 Å². The molecule has 0 saturated carbocycles. The number of nitrogens with zero attached hydrogens (tertiary/aromatic N) is 1. The highest BCUT2D eigenvalue weighted by molar-refractivity contribution is 6.12. The Morgan fingerprint density at radius 2 is 1.26 bits per heavy atom. The Balaban J connectivity index is 2.33. The number of primary amides is 1. The molecule has 1 rings (SSSR count). The Hall–Kier alpha value is -4.83. The molecule has 8 N–H and O–H groups in total. The molecule has 0 aromatic rings. The predicted octanol–water partition coefficient (Wildman–Crippen LogP) is -4.62. The van der Waals surface area contributed by atoms with Crippen molar-refractivity contribution in [2.24, 2.45) is 5.73 Å². The Labute approximate surface area is 222 Å². The zero-order valence-electron chi connectivity index (χ0n) is 20.9. The van der Waals surface area contributed by atoms with Crippen molar-refractivity contribution < 1.29 is 48.3 Å². The molecule has 0 aliphatic carbocycles. The second-order valence-electron chi connectivity index (χ2n) is 8.20. The minimum Gasteiger partial charge on any atom is -0.481 e. The predicted molar refractivity (Wildman–Crippen MR) is 130 cm³/mol. The van der Waals surface area contributed by atoms with Gasteiger partial charge in [0.2, 0.25) is 35.4 Å². The zero-order valence-corrected chi connectivity index (χ0v) is 20.9. The molecule has 1 unspecified atom stereocenters. The van der Waals surface area contributed by atoms with Crippen molar-refractivity contribution >= 4 is 53.2 Å². The summed E-state index contributed by atoms with van der Waals surface area (Å²) < 4.78 is 0. The fraction of sp³-hybridized carbons (Fsp3) is 0.500. The Bertz CT molecular complexity index is 1010. The first-order chi connectivity index (χ1) is 18.4. The van der Waals surface area contributed by atoms with Crippen LogP contribution in [0.25, 0.3) is 0 Å². The van der Waals surface area contributed by atoms with Gasteiger partial charge in [0.1, 0.15) is 6.04 Å². The number of unbranched alkanes of at least 4 members (excludes halogenated alkanes) is 2. The fourth-order valence-corrected chi connectivity index (χ4v) is 3.06. The number of amides is 8. The van der Waals surface area contributed by atoms with Gasteiger partial charge in [-0.2, -0.15) is 0 Å². The van der Waals surface area contributed by atoms with E-state index in [0.29, 0.717) is 19.3 Å². The maximum Gasteiger partial charge on any atom is 0.305 e. The highest BCUT2D eigenvalue weighted by atomic mass is 16.4. The largest absolute Gasteiger partial charge is 0.481 e. The van der Waals surface area contributed by atoms with Gasteiger partial charge in [0, 0.05) is 25.1 Å². The van der Waals surface area contributed by atoms with Crippen molar-refractivity contribution in [2.45, 2.75) is 38.1 Å². The third-order valence-corrected chi connectivity index (χ3v) is 4.99. The second kappa shape index (κ2) is 16.8. The van der Waals surface area contributed by atoms with Crippen LogP contribution in [0.2, 0.25) is 0 Å². The quantitative estimate of drug-likeness (QED) is 0.0630. The van der Waals surface area contributed by atoms with Crippen LogP contribution in [0.3, 0.4) is 0 Å². The van der Waals surface area contributed by atoms with E-state index >= 15 is 0 Å². The number of nitrogens with two attached hydrogens (primary N) is 1. The lowest BCUT2D eigenvalue weighted by Crippen LogP contribution is -2.50. The van der Waals surface area contributed by atoms with E-state index in [-0.39, 0.29) is 13.0 Å². The number of carbonyl (C=O) groups is 9. The number of hydrogen-bond acceptors (Lipinski definition) is 9. The molecule has 1 aliphatic heterocycles. The number of carboxylic acids is 1. The van der Waals surface area contributed by atoms with Crippen LogP contribution in [0.1, 0.15) is 32.1 Å².